The summed E-state index contributed by atoms with van der Waals surface area (Å²) < 4.78 is 22.5. The van der Waals surface area contributed by atoms with Gasteiger partial charge in [0.05, 0.1) is 23.2 Å². The van der Waals surface area contributed by atoms with E-state index in [2.05, 4.69) is 191 Å². The minimum absolute atomic E-state index is 0.146. The Hall–Kier alpha value is -7.50. The molecule has 5 heterocycles. The topological polar surface area (TPSA) is 47.6 Å². The summed E-state index contributed by atoms with van der Waals surface area (Å²) >= 11 is 0. The number of allylic oxidation sites excluding steroid dienone is 2. The van der Waals surface area contributed by atoms with Crippen LogP contribution < -0.4 is 4.90 Å². The Morgan fingerprint density at radius 1 is 0.439 bits per heavy atom. The first-order chi connectivity index (χ1) is 28.3. The second-order valence-electron chi connectivity index (χ2n) is 15.2. The van der Waals surface area contributed by atoms with Crippen LogP contribution in [0.25, 0.3) is 93.8 Å². The Kier molecular flexibility index (Phi) is 6.22. The number of fused-ring (bicyclic) bond motifs is 13. The molecule has 0 saturated carbocycles. The molecule has 268 valence electrons. The van der Waals surface area contributed by atoms with Gasteiger partial charge < -0.3 is 22.7 Å². The van der Waals surface area contributed by atoms with Gasteiger partial charge in [-0.2, -0.15) is 0 Å². The summed E-state index contributed by atoms with van der Waals surface area (Å²) in [4.78, 5) is 2.44. The second kappa shape index (κ2) is 11.5. The molecule has 2 atom stereocenters. The van der Waals surface area contributed by atoms with Gasteiger partial charge in [-0.1, -0.05) is 103 Å². The average molecular weight is 733 g/mol. The van der Waals surface area contributed by atoms with E-state index in [1.54, 1.807) is 0 Å². The molecule has 0 spiro atoms. The zero-order valence-electron chi connectivity index (χ0n) is 30.6. The Labute approximate surface area is 326 Å². The van der Waals surface area contributed by atoms with Gasteiger partial charge in [-0.25, -0.2) is 0 Å². The predicted molar refractivity (Wildman–Crippen MR) is 232 cm³/mol. The van der Waals surface area contributed by atoms with E-state index in [0.717, 1.165) is 111 Å². The van der Waals surface area contributed by atoms with Gasteiger partial charge in [0.15, 0.2) is 5.58 Å². The standard InChI is InChI=1S/C52H32N2O3/c1-3-12-34(13-4-1)53-43-20-9-7-16-39(43)51-48(53)41-27-23-32(29-47(41)56-51)31-22-25-37-38-26-24-33(30-46(38)55-45(37)28-31)36-18-11-19-42-49-52(57-50(36)42)40-17-8-10-21-44(40)54(49)35-14-5-2-6-15-35/h1-30,40,44H. The molecule has 13 rings (SSSR count). The third-order valence-corrected chi connectivity index (χ3v) is 12.1. The molecule has 0 amide bonds. The van der Waals surface area contributed by atoms with E-state index in [4.69, 9.17) is 13.3 Å². The van der Waals surface area contributed by atoms with Gasteiger partial charge in [-0.05, 0) is 95.6 Å². The molecule has 2 unspecified atom stereocenters. The van der Waals surface area contributed by atoms with E-state index in [9.17, 15) is 0 Å². The van der Waals surface area contributed by atoms with Crippen LogP contribution in [-0.2, 0) is 0 Å². The van der Waals surface area contributed by atoms with E-state index < -0.39 is 0 Å². The minimum atomic E-state index is 0.146. The van der Waals surface area contributed by atoms with Gasteiger partial charge in [0.2, 0.25) is 0 Å². The normalized spacial score (nSPS) is 16.2. The number of anilines is 2. The molecule has 57 heavy (non-hydrogen) atoms. The summed E-state index contributed by atoms with van der Waals surface area (Å²) in [5.74, 6) is 1.16. The first-order valence-corrected chi connectivity index (χ1v) is 19.5. The molecule has 1 aliphatic carbocycles. The fraction of sp³-hybridized carbons (Fsp3) is 0.0385. The maximum Gasteiger partial charge on any atom is 0.161 e. The van der Waals surface area contributed by atoms with Crippen LogP contribution >= 0.6 is 0 Å². The largest absolute Gasteiger partial charge is 0.457 e. The maximum absolute atomic E-state index is 6.88. The van der Waals surface area contributed by atoms with E-state index >= 15 is 0 Å². The summed E-state index contributed by atoms with van der Waals surface area (Å²) in [5, 5.41) is 5.48. The number of nitrogens with zero attached hydrogens (tertiary/aromatic N) is 2. The molecule has 0 fully saturated rings. The minimum Gasteiger partial charge on any atom is -0.457 e. The average Bonchev–Trinajstić information content (AvgIpc) is 4.07. The first kappa shape index (κ1) is 30.8. The van der Waals surface area contributed by atoms with Crippen LogP contribution in [0.5, 0.6) is 0 Å². The molecule has 0 saturated heterocycles. The van der Waals surface area contributed by atoms with Crippen LogP contribution in [0.1, 0.15) is 11.7 Å². The van der Waals surface area contributed by atoms with E-state index in [1.807, 2.05) is 0 Å². The van der Waals surface area contributed by atoms with Crippen LogP contribution in [-0.4, -0.2) is 10.6 Å². The van der Waals surface area contributed by atoms with Crippen molar-refractivity contribution in [1.82, 2.24) is 4.57 Å². The lowest BCUT2D eigenvalue weighted by molar-refractivity contribution is 0.529. The molecule has 1 aliphatic heterocycles. The summed E-state index contributed by atoms with van der Waals surface area (Å²) in [6, 6.07) is 55.8. The van der Waals surface area contributed by atoms with Crippen LogP contribution in [0.4, 0.5) is 11.4 Å². The highest BCUT2D eigenvalue weighted by Gasteiger charge is 2.42. The van der Waals surface area contributed by atoms with Crippen LogP contribution in [0.2, 0.25) is 0 Å². The Bertz CT molecular complexity index is 3490. The number of hydrogen-bond donors (Lipinski definition) is 0. The lowest BCUT2D eigenvalue weighted by atomic mass is 9.95. The molecule has 5 nitrogen and oxygen atoms in total. The SMILES string of the molecule is C1=CC2c3oc4c(-c5ccc6c(c5)oc5cc(-c7ccc8c(c7)oc7c9ccccc9n(-c9ccccc9)c87)ccc56)cccc4c3N(c3ccccc3)C2C=C1. The zero-order valence-corrected chi connectivity index (χ0v) is 30.6. The van der Waals surface area contributed by atoms with Crippen molar-refractivity contribution in [3.63, 3.8) is 0 Å². The van der Waals surface area contributed by atoms with E-state index in [-0.39, 0.29) is 12.0 Å². The molecule has 11 aromatic rings. The fourth-order valence-corrected chi connectivity index (χ4v) is 9.57. The van der Waals surface area contributed by atoms with Gasteiger partial charge in [0.1, 0.15) is 33.6 Å². The van der Waals surface area contributed by atoms with Crippen molar-refractivity contribution < 1.29 is 13.3 Å². The van der Waals surface area contributed by atoms with Gasteiger partial charge in [0.25, 0.3) is 0 Å². The molecule has 2 aliphatic rings. The lowest BCUT2D eigenvalue weighted by Crippen LogP contribution is -2.28. The highest BCUT2D eigenvalue weighted by Crippen LogP contribution is 2.54. The molecule has 7 aromatic carbocycles. The number of para-hydroxylation sites is 4. The van der Waals surface area contributed by atoms with Gasteiger partial charge in [-0.3, -0.25) is 0 Å². The number of rotatable bonds is 4. The molecule has 0 radical (unpaired) electrons. The number of furan rings is 3. The van der Waals surface area contributed by atoms with Crippen LogP contribution in [0.3, 0.4) is 0 Å². The second-order valence-corrected chi connectivity index (χ2v) is 15.2. The third kappa shape index (κ3) is 4.34. The molecule has 0 N–H and O–H groups in total. The smallest absolute Gasteiger partial charge is 0.161 e. The molecular weight excluding hydrogens is 701 g/mol. The summed E-state index contributed by atoms with van der Waals surface area (Å²) in [6.45, 7) is 0. The molecule has 0 bridgehead atoms. The van der Waals surface area contributed by atoms with Gasteiger partial charge in [0, 0.05) is 43.9 Å². The highest BCUT2D eigenvalue weighted by atomic mass is 16.3. The zero-order chi connectivity index (χ0) is 37.2. The number of aromatic nitrogens is 1. The monoisotopic (exact) mass is 732 g/mol. The van der Waals surface area contributed by atoms with Crippen molar-refractivity contribution in [3.8, 4) is 27.9 Å². The highest BCUT2D eigenvalue weighted by molar-refractivity contribution is 6.17. The quantitative estimate of drug-likeness (QED) is 0.181. The molecule has 5 heteroatoms. The fourth-order valence-electron chi connectivity index (χ4n) is 9.57. The summed E-state index contributed by atoms with van der Waals surface area (Å²) in [5.41, 5.74) is 14.3. The van der Waals surface area contributed by atoms with Crippen molar-refractivity contribution in [3.05, 3.63) is 188 Å². The van der Waals surface area contributed by atoms with Crippen LogP contribution in [0, 0.1) is 0 Å². The van der Waals surface area contributed by atoms with E-state index in [0.29, 0.717) is 0 Å². The Morgan fingerprint density at radius 3 is 1.86 bits per heavy atom. The summed E-state index contributed by atoms with van der Waals surface area (Å²) in [7, 11) is 0. The Balaban J connectivity index is 0.901. The van der Waals surface area contributed by atoms with Crippen molar-refractivity contribution in [2.45, 2.75) is 12.0 Å². The van der Waals surface area contributed by atoms with Crippen LogP contribution in [0.15, 0.2) is 195 Å². The number of hydrogen-bond acceptors (Lipinski definition) is 4. The summed E-state index contributed by atoms with van der Waals surface area (Å²) in [6.07, 6.45) is 8.82. The number of benzene rings is 7. The lowest BCUT2D eigenvalue weighted by Gasteiger charge is -2.28. The van der Waals surface area contributed by atoms with Crippen molar-refractivity contribution >= 4 is 77.3 Å². The van der Waals surface area contributed by atoms with Gasteiger partial charge >= 0.3 is 0 Å². The van der Waals surface area contributed by atoms with Crippen molar-refractivity contribution in [2.24, 2.45) is 0 Å². The maximum atomic E-state index is 6.88. The van der Waals surface area contributed by atoms with Gasteiger partial charge in [-0.15, -0.1) is 0 Å². The third-order valence-electron chi connectivity index (χ3n) is 12.1. The molecule has 4 aromatic heterocycles. The predicted octanol–water partition coefficient (Wildman–Crippen LogP) is 14.2. The Morgan fingerprint density at radius 2 is 1.07 bits per heavy atom. The van der Waals surface area contributed by atoms with Crippen molar-refractivity contribution in [2.75, 3.05) is 4.90 Å². The van der Waals surface area contributed by atoms with Crippen molar-refractivity contribution in [1.29, 1.82) is 0 Å². The molecular formula is C52H32N2O3. The first-order valence-electron chi connectivity index (χ1n) is 19.5. The van der Waals surface area contributed by atoms with E-state index in [1.165, 1.54) is 0 Å².